The second kappa shape index (κ2) is 7.38. The number of nitrogens with zero attached hydrogens (tertiary/aromatic N) is 2. The predicted molar refractivity (Wildman–Crippen MR) is 103 cm³/mol. The fourth-order valence-corrected chi connectivity index (χ4v) is 3.57. The van der Waals surface area contributed by atoms with Gasteiger partial charge in [0, 0.05) is 22.4 Å². The van der Waals surface area contributed by atoms with E-state index in [0.29, 0.717) is 11.4 Å². The number of amides is 1. The van der Waals surface area contributed by atoms with Crippen LogP contribution in [0.3, 0.4) is 0 Å². The largest absolute Gasteiger partial charge is 0.529 e. The van der Waals surface area contributed by atoms with Crippen molar-refractivity contribution in [3.8, 4) is 5.75 Å². The zero-order valence-corrected chi connectivity index (χ0v) is 16.4. The van der Waals surface area contributed by atoms with Crippen molar-refractivity contribution in [2.45, 2.75) is 19.3 Å². The van der Waals surface area contributed by atoms with Gasteiger partial charge in [-0.05, 0) is 30.3 Å². The second-order valence-corrected chi connectivity index (χ2v) is 8.15. The van der Waals surface area contributed by atoms with Gasteiger partial charge < -0.3 is 19.1 Å². The van der Waals surface area contributed by atoms with Gasteiger partial charge in [-0.25, -0.2) is 0 Å². The van der Waals surface area contributed by atoms with Gasteiger partial charge in [-0.15, -0.1) is 0 Å². The first-order valence-electron chi connectivity index (χ1n) is 8.60. The van der Waals surface area contributed by atoms with Gasteiger partial charge in [-0.2, -0.15) is 0 Å². The zero-order chi connectivity index (χ0) is 19.5. The summed E-state index contributed by atoms with van der Waals surface area (Å²) in [5.74, 6) is 0.749. The average molecular weight is 356 g/mol. The van der Waals surface area contributed by atoms with Crippen LogP contribution >= 0.6 is 0 Å². The van der Waals surface area contributed by atoms with Gasteiger partial charge in [0.1, 0.15) is 11.8 Å². The first-order chi connectivity index (χ1) is 12.0. The second-order valence-electron chi connectivity index (χ2n) is 8.15. The van der Waals surface area contributed by atoms with Crippen molar-refractivity contribution in [2.75, 3.05) is 39.7 Å². The number of carbonyl (C=O) groups excluding carboxylic acids is 1. The number of ether oxygens (including phenoxy) is 1. The van der Waals surface area contributed by atoms with E-state index in [9.17, 15) is 9.90 Å². The molecule has 0 aliphatic rings. The minimum atomic E-state index is -1.27. The van der Waals surface area contributed by atoms with E-state index < -0.39 is 6.09 Å². The van der Waals surface area contributed by atoms with Crippen molar-refractivity contribution in [1.29, 1.82) is 0 Å². The van der Waals surface area contributed by atoms with Crippen LogP contribution in [0.25, 0.3) is 0 Å². The Morgan fingerprint density at radius 1 is 1.08 bits per heavy atom. The summed E-state index contributed by atoms with van der Waals surface area (Å²) in [4.78, 5) is 13.0. The molecule has 5 nitrogen and oxygen atoms in total. The molecule has 2 aromatic carbocycles. The fourth-order valence-electron chi connectivity index (χ4n) is 3.57. The number of rotatable bonds is 6. The van der Waals surface area contributed by atoms with E-state index in [4.69, 9.17) is 4.74 Å². The maximum absolute atomic E-state index is 11.8. The summed E-state index contributed by atoms with van der Waals surface area (Å²) in [6.07, 6.45) is -1.27. The Bertz CT molecular complexity index is 765. The number of likely N-dealkylation sites (N-methyl/N-ethyl adjacent to an activating group) is 1. The van der Waals surface area contributed by atoms with Crippen LogP contribution in [0, 0.1) is 0 Å². The van der Waals surface area contributed by atoms with Crippen LogP contribution < -0.4 is 14.7 Å². The van der Waals surface area contributed by atoms with Crippen molar-refractivity contribution in [2.24, 2.45) is 0 Å². The van der Waals surface area contributed by atoms with E-state index in [1.807, 2.05) is 18.2 Å². The lowest BCUT2D eigenvalue weighted by Crippen LogP contribution is -2.45. The zero-order valence-electron chi connectivity index (χ0n) is 16.4. The van der Waals surface area contributed by atoms with Gasteiger partial charge in [0.15, 0.2) is 0 Å². The maximum atomic E-state index is 11.8. The highest BCUT2D eigenvalue weighted by Gasteiger charge is 2.31. The van der Waals surface area contributed by atoms with E-state index >= 15 is 0 Å². The lowest BCUT2D eigenvalue weighted by atomic mass is 9.82. The van der Waals surface area contributed by atoms with E-state index in [1.165, 1.54) is 4.90 Å². The summed E-state index contributed by atoms with van der Waals surface area (Å²) in [5.41, 5.74) is 1.84. The molecule has 0 atom stereocenters. The normalized spacial score (nSPS) is 11.9. The number of carbonyl (C=O) groups is 1. The van der Waals surface area contributed by atoms with E-state index in [1.54, 1.807) is 37.4 Å². The number of anilines is 2. The summed E-state index contributed by atoms with van der Waals surface area (Å²) in [7, 11) is 8.04. The molecular formula is C21H28N2O3. The first kappa shape index (κ1) is 19.8. The Labute approximate surface area is 156 Å². The number of hydrogen-bond acceptors (Lipinski definition) is 3. The molecule has 0 saturated carbocycles. The van der Waals surface area contributed by atoms with Gasteiger partial charge in [0.25, 0.3) is 0 Å². The molecule has 1 amide bonds. The highest BCUT2D eigenvalue weighted by molar-refractivity contribution is 5.93. The fraction of sp³-hybridized carbons (Fsp3) is 0.381. The molecular weight excluding hydrogens is 328 g/mol. The standard InChI is InChI=1S/C21H28N2O3/c1-21(2,15-23(3,4)5)18-14-17(12-13-19(18)26-6)22(20(24)25)16-10-8-7-9-11-16/h7-14H,15H2,1-6H3. The Balaban J connectivity index is 2.56. The van der Waals surface area contributed by atoms with Gasteiger partial charge in [0.05, 0.1) is 34.8 Å². The van der Waals surface area contributed by atoms with Crippen LogP contribution in [0.4, 0.5) is 16.2 Å². The van der Waals surface area contributed by atoms with Crippen LogP contribution in [0.5, 0.6) is 5.75 Å². The topological polar surface area (TPSA) is 52.6 Å². The molecule has 0 spiro atoms. The smallest absolute Gasteiger partial charge is 0.146 e. The molecule has 0 bridgehead atoms. The summed E-state index contributed by atoms with van der Waals surface area (Å²) in [6, 6.07) is 14.4. The minimum Gasteiger partial charge on any atom is -0.529 e. The minimum absolute atomic E-state index is 0.214. The maximum Gasteiger partial charge on any atom is 0.146 e. The van der Waals surface area contributed by atoms with Crippen LogP contribution in [0.15, 0.2) is 48.5 Å². The number of methoxy groups -OCH3 is 1. The van der Waals surface area contributed by atoms with Crippen molar-refractivity contribution >= 4 is 17.5 Å². The lowest BCUT2D eigenvalue weighted by molar-refractivity contribution is -0.874. The summed E-state index contributed by atoms with van der Waals surface area (Å²) >= 11 is 0. The molecule has 0 fully saturated rings. The summed E-state index contributed by atoms with van der Waals surface area (Å²) in [5, 5.41) is 11.8. The van der Waals surface area contributed by atoms with Gasteiger partial charge in [-0.1, -0.05) is 32.0 Å². The first-order valence-corrected chi connectivity index (χ1v) is 8.60. The quantitative estimate of drug-likeness (QED) is 0.747. The molecule has 140 valence electrons. The Hall–Kier alpha value is -2.53. The predicted octanol–water partition coefficient (Wildman–Crippen LogP) is 3.16. The van der Waals surface area contributed by atoms with Crippen molar-refractivity contribution in [3.05, 3.63) is 54.1 Å². The molecule has 0 unspecified atom stereocenters. The van der Waals surface area contributed by atoms with Gasteiger partial charge >= 0.3 is 0 Å². The molecule has 0 N–H and O–H groups in total. The molecule has 26 heavy (non-hydrogen) atoms. The summed E-state index contributed by atoms with van der Waals surface area (Å²) in [6.45, 7) is 5.15. The Kier molecular flexibility index (Phi) is 5.62. The van der Waals surface area contributed by atoms with E-state index in [2.05, 4.69) is 35.0 Å². The van der Waals surface area contributed by atoms with Crippen LogP contribution in [-0.4, -0.2) is 45.4 Å². The van der Waals surface area contributed by atoms with Gasteiger partial charge in [0.2, 0.25) is 0 Å². The Morgan fingerprint density at radius 3 is 2.19 bits per heavy atom. The molecule has 0 aliphatic carbocycles. The number of para-hydroxylation sites is 1. The molecule has 2 rings (SSSR count). The molecule has 2 aromatic rings. The number of quaternary nitrogens is 1. The van der Waals surface area contributed by atoms with Gasteiger partial charge in [-0.3, -0.25) is 4.90 Å². The van der Waals surface area contributed by atoms with E-state index in [-0.39, 0.29) is 5.41 Å². The molecule has 0 saturated heterocycles. The van der Waals surface area contributed by atoms with Crippen LogP contribution in [0.2, 0.25) is 0 Å². The number of hydrogen-bond donors (Lipinski definition) is 0. The van der Waals surface area contributed by atoms with Crippen LogP contribution in [-0.2, 0) is 5.41 Å². The monoisotopic (exact) mass is 356 g/mol. The highest BCUT2D eigenvalue weighted by atomic mass is 16.5. The number of benzene rings is 2. The lowest BCUT2D eigenvalue weighted by Gasteiger charge is -2.36. The molecule has 0 heterocycles. The third-order valence-electron chi connectivity index (χ3n) is 4.24. The third-order valence-corrected chi connectivity index (χ3v) is 4.24. The van der Waals surface area contributed by atoms with E-state index in [0.717, 1.165) is 22.3 Å². The number of carboxylic acid groups (broad SMARTS) is 1. The SMILES string of the molecule is COc1ccc(N(C(=O)[O-])c2ccccc2)cc1C(C)(C)C[N+](C)(C)C. The molecule has 0 radical (unpaired) electrons. The van der Waals surface area contributed by atoms with Crippen molar-refractivity contribution < 1.29 is 19.1 Å². The average Bonchev–Trinajstić information content (AvgIpc) is 2.53. The third kappa shape index (κ3) is 4.55. The summed E-state index contributed by atoms with van der Waals surface area (Å²) < 4.78 is 6.34. The molecule has 5 heteroatoms. The highest BCUT2D eigenvalue weighted by Crippen LogP contribution is 2.37. The Morgan fingerprint density at radius 2 is 1.69 bits per heavy atom. The van der Waals surface area contributed by atoms with Crippen LogP contribution in [0.1, 0.15) is 19.4 Å². The van der Waals surface area contributed by atoms with Crippen molar-refractivity contribution in [1.82, 2.24) is 0 Å². The molecule has 0 aromatic heterocycles. The molecule has 0 aliphatic heterocycles. The van der Waals surface area contributed by atoms with Crippen molar-refractivity contribution in [3.63, 3.8) is 0 Å².